The Morgan fingerprint density at radius 3 is 1.82 bits per heavy atom. The third kappa shape index (κ3) is 10.4. The first kappa shape index (κ1) is 33.0. The molecular formula is C27H39F3N4O6. The van der Waals surface area contributed by atoms with Crippen LogP contribution in [0.4, 0.5) is 18.9 Å². The second kappa shape index (κ2) is 15.0. The molecule has 1 aromatic rings. The first-order valence-corrected chi connectivity index (χ1v) is 13.2. The molecule has 0 radical (unpaired) electrons. The van der Waals surface area contributed by atoms with Crippen LogP contribution >= 0.6 is 0 Å². The molecule has 2 N–H and O–H groups in total. The molecule has 2 aliphatic rings. The number of carboxylic acids is 2. The minimum Gasteiger partial charge on any atom is -0.478 e. The van der Waals surface area contributed by atoms with Crippen LogP contribution in [-0.2, 0) is 25.3 Å². The molecule has 2 fully saturated rings. The maximum Gasteiger partial charge on any atom is 0.416 e. The van der Waals surface area contributed by atoms with Crippen molar-refractivity contribution in [2.45, 2.75) is 32.5 Å². The number of ether oxygens (including phenoxy) is 1. The number of carboxylic acid groups (broad SMARTS) is 2. The number of hydrogen-bond acceptors (Lipinski definition) is 8. The number of nitrogens with zero attached hydrogens (tertiary/aromatic N) is 4. The average molecular weight is 573 g/mol. The van der Waals surface area contributed by atoms with Crippen LogP contribution in [-0.4, -0.2) is 120 Å². The van der Waals surface area contributed by atoms with Gasteiger partial charge in [0.1, 0.15) is 5.54 Å². The number of rotatable bonds is 9. The Labute approximate surface area is 232 Å². The Kier molecular flexibility index (Phi) is 12.4. The highest BCUT2D eigenvalue weighted by molar-refractivity contribution is 5.89. The van der Waals surface area contributed by atoms with Gasteiger partial charge < -0.3 is 19.8 Å². The van der Waals surface area contributed by atoms with Crippen molar-refractivity contribution in [2.75, 3.05) is 77.0 Å². The number of piperazine rings is 2. The van der Waals surface area contributed by atoms with Crippen LogP contribution in [0, 0.1) is 0 Å². The lowest BCUT2D eigenvalue weighted by molar-refractivity contribution is -0.157. The summed E-state index contributed by atoms with van der Waals surface area (Å²) in [5.74, 6) is -2.69. The van der Waals surface area contributed by atoms with Crippen LogP contribution in [0.2, 0.25) is 0 Å². The number of carbonyl (C=O) groups is 3. The van der Waals surface area contributed by atoms with Crippen molar-refractivity contribution in [2.24, 2.45) is 0 Å². The summed E-state index contributed by atoms with van der Waals surface area (Å²) in [7, 11) is 0. The molecule has 0 unspecified atom stereocenters. The first-order chi connectivity index (χ1) is 18.7. The number of aliphatic carboxylic acids is 2. The SMILES string of the molecule is CCOC(=O)C(C)(C)N1CCN(CCN2CCN(c3cccc(C(F)(F)F)c3)CC2)CC1.O=C(O)/C=C/C(=O)O. The summed E-state index contributed by atoms with van der Waals surface area (Å²) in [6.45, 7) is 14.6. The molecule has 0 amide bonds. The first-order valence-electron chi connectivity index (χ1n) is 13.2. The molecule has 0 atom stereocenters. The van der Waals surface area contributed by atoms with Crippen LogP contribution < -0.4 is 4.90 Å². The van der Waals surface area contributed by atoms with E-state index in [9.17, 15) is 27.6 Å². The third-order valence-corrected chi connectivity index (χ3v) is 6.95. The number of alkyl halides is 3. The summed E-state index contributed by atoms with van der Waals surface area (Å²) in [4.78, 5) is 40.3. The van der Waals surface area contributed by atoms with Crippen molar-refractivity contribution >= 4 is 23.6 Å². The van der Waals surface area contributed by atoms with E-state index in [1.807, 2.05) is 25.7 Å². The van der Waals surface area contributed by atoms with Crippen molar-refractivity contribution < 1.29 is 42.5 Å². The fourth-order valence-corrected chi connectivity index (χ4v) is 4.50. The lowest BCUT2D eigenvalue weighted by atomic mass is 10.0. The van der Waals surface area contributed by atoms with Crippen molar-refractivity contribution in [3.05, 3.63) is 42.0 Å². The number of esters is 1. The summed E-state index contributed by atoms with van der Waals surface area (Å²) >= 11 is 0. The molecule has 2 aliphatic heterocycles. The van der Waals surface area contributed by atoms with E-state index in [4.69, 9.17) is 14.9 Å². The minimum absolute atomic E-state index is 0.174. The zero-order valence-corrected chi connectivity index (χ0v) is 23.2. The number of anilines is 1. The van der Waals surface area contributed by atoms with Crippen molar-refractivity contribution in [1.82, 2.24) is 14.7 Å². The normalized spacial score (nSPS) is 17.8. The van der Waals surface area contributed by atoms with Crippen molar-refractivity contribution in [3.63, 3.8) is 0 Å². The molecule has 224 valence electrons. The average Bonchev–Trinajstić information content (AvgIpc) is 2.91. The molecule has 40 heavy (non-hydrogen) atoms. The quantitative estimate of drug-likeness (QED) is 0.338. The Morgan fingerprint density at radius 1 is 0.875 bits per heavy atom. The van der Waals surface area contributed by atoms with Gasteiger partial charge in [-0.25, -0.2) is 9.59 Å². The predicted octanol–water partition coefficient (Wildman–Crippen LogP) is 2.50. The lowest BCUT2D eigenvalue weighted by Gasteiger charge is -2.43. The van der Waals surface area contributed by atoms with Crippen molar-refractivity contribution in [1.29, 1.82) is 0 Å². The van der Waals surface area contributed by atoms with Crippen LogP contribution in [0.1, 0.15) is 26.3 Å². The van der Waals surface area contributed by atoms with Gasteiger partial charge in [0.15, 0.2) is 0 Å². The molecule has 10 nitrogen and oxygen atoms in total. The Bertz CT molecular complexity index is 1000. The van der Waals surface area contributed by atoms with E-state index in [0.717, 1.165) is 71.5 Å². The monoisotopic (exact) mass is 572 g/mol. The van der Waals surface area contributed by atoms with Gasteiger partial charge in [-0.15, -0.1) is 0 Å². The molecule has 3 rings (SSSR count). The number of hydrogen-bond donors (Lipinski definition) is 2. The smallest absolute Gasteiger partial charge is 0.416 e. The molecule has 0 aliphatic carbocycles. The summed E-state index contributed by atoms with van der Waals surface area (Å²) in [6, 6.07) is 5.59. The van der Waals surface area contributed by atoms with Gasteiger partial charge in [-0.3, -0.25) is 19.5 Å². The summed E-state index contributed by atoms with van der Waals surface area (Å²) in [5, 5.41) is 15.6. The zero-order chi connectivity index (χ0) is 29.9. The van der Waals surface area contributed by atoms with Gasteiger partial charge >= 0.3 is 24.1 Å². The molecule has 0 bridgehead atoms. The van der Waals surface area contributed by atoms with Gasteiger partial charge in [-0.05, 0) is 39.0 Å². The van der Waals surface area contributed by atoms with E-state index in [-0.39, 0.29) is 5.97 Å². The largest absolute Gasteiger partial charge is 0.478 e. The summed E-state index contributed by atoms with van der Waals surface area (Å²) in [5.41, 5.74) is -0.565. The molecule has 1 aromatic carbocycles. The molecule has 13 heteroatoms. The third-order valence-electron chi connectivity index (χ3n) is 6.95. The number of carbonyl (C=O) groups excluding carboxylic acids is 1. The lowest BCUT2D eigenvalue weighted by Crippen LogP contribution is -2.59. The Hall–Kier alpha value is -3.16. The number of halogens is 3. The van der Waals surface area contributed by atoms with E-state index < -0.39 is 29.2 Å². The van der Waals surface area contributed by atoms with Crippen LogP contribution in [0.15, 0.2) is 36.4 Å². The van der Waals surface area contributed by atoms with Gasteiger partial charge in [0, 0.05) is 83.3 Å². The number of benzene rings is 1. The molecular weight excluding hydrogens is 533 g/mol. The van der Waals surface area contributed by atoms with Gasteiger partial charge in [0.2, 0.25) is 0 Å². The topological polar surface area (TPSA) is 114 Å². The van der Waals surface area contributed by atoms with E-state index in [1.54, 1.807) is 6.07 Å². The maximum absolute atomic E-state index is 13.0. The highest BCUT2D eigenvalue weighted by Crippen LogP contribution is 2.31. The van der Waals surface area contributed by atoms with Crippen LogP contribution in [0.5, 0.6) is 0 Å². The van der Waals surface area contributed by atoms with E-state index in [0.29, 0.717) is 24.4 Å². The van der Waals surface area contributed by atoms with Crippen molar-refractivity contribution in [3.8, 4) is 0 Å². The highest BCUT2D eigenvalue weighted by atomic mass is 19.4. The Morgan fingerprint density at radius 2 is 1.38 bits per heavy atom. The fourth-order valence-electron chi connectivity index (χ4n) is 4.50. The van der Waals surface area contributed by atoms with Gasteiger partial charge in [0.25, 0.3) is 0 Å². The van der Waals surface area contributed by atoms with Crippen LogP contribution in [0.3, 0.4) is 0 Å². The minimum atomic E-state index is -4.31. The molecule has 0 spiro atoms. The molecule has 0 aromatic heterocycles. The zero-order valence-electron chi connectivity index (χ0n) is 23.2. The van der Waals surface area contributed by atoms with Gasteiger partial charge in [0.05, 0.1) is 12.2 Å². The predicted molar refractivity (Wildman–Crippen MR) is 143 cm³/mol. The van der Waals surface area contributed by atoms with Gasteiger partial charge in [-0.2, -0.15) is 13.2 Å². The Balaban J connectivity index is 0.000000611. The van der Waals surface area contributed by atoms with Crippen LogP contribution in [0.25, 0.3) is 0 Å². The second-order valence-corrected chi connectivity index (χ2v) is 9.99. The van der Waals surface area contributed by atoms with E-state index >= 15 is 0 Å². The molecule has 2 heterocycles. The highest BCUT2D eigenvalue weighted by Gasteiger charge is 2.37. The summed E-state index contributed by atoms with van der Waals surface area (Å²) in [6.07, 6.45) is -3.20. The maximum atomic E-state index is 13.0. The second-order valence-electron chi connectivity index (χ2n) is 9.99. The molecule has 2 saturated heterocycles. The fraction of sp³-hybridized carbons (Fsp3) is 0.593. The van der Waals surface area contributed by atoms with E-state index in [1.165, 1.54) is 12.1 Å². The standard InChI is InChI=1S/C23H35F3N4O2.C4H4O4/c1-4-32-21(31)22(2,3)30-16-12-28(13-17-30)9-8-27-10-14-29(15-11-27)20-7-5-6-19(18-20)23(24,25)26;5-3(6)1-2-4(7)8/h5-7,18H,4,8-17H2,1-3H3;1-2H,(H,5,6)(H,7,8)/b;2-1+. The molecule has 0 saturated carbocycles. The summed E-state index contributed by atoms with van der Waals surface area (Å²) < 4.78 is 44.2. The van der Waals surface area contributed by atoms with Gasteiger partial charge in [-0.1, -0.05) is 6.07 Å². The van der Waals surface area contributed by atoms with E-state index in [2.05, 4.69) is 14.7 Å².